The van der Waals surface area contributed by atoms with Gasteiger partial charge in [0.1, 0.15) is 0 Å². The topological polar surface area (TPSA) is 44.4 Å². The van der Waals surface area contributed by atoms with E-state index >= 15 is 0 Å². The number of carbonyl (C=O) groups excluding carboxylic acids is 1. The first-order valence-electron chi connectivity index (χ1n) is 7.40. The van der Waals surface area contributed by atoms with Crippen molar-refractivity contribution in [2.45, 2.75) is 25.8 Å². The van der Waals surface area contributed by atoms with Crippen LogP contribution in [-0.2, 0) is 4.79 Å². The van der Waals surface area contributed by atoms with E-state index in [2.05, 4.69) is 46.7 Å². The molecule has 1 fully saturated rings. The molecule has 1 saturated heterocycles. The molecule has 1 amide bonds. The van der Waals surface area contributed by atoms with Crippen LogP contribution >= 0.6 is 0 Å². The Balaban J connectivity index is 2.20. The fourth-order valence-corrected chi connectivity index (χ4v) is 2.91. The molecule has 0 radical (unpaired) electrons. The van der Waals surface area contributed by atoms with Gasteiger partial charge in [0.05, 0.1) is 5.92 Å². The third-order valence-corrected chi connectivity index (χ3v) is 4.22. The smallest absolute Gasteiger partial charge is 0.224 e. The SMILES string of the molecule is CNC(=O)C1CCCN(c2ccccc2C(C)NC)C1. The Bertz CT molecular complexity index is 461. The van der Waals surface area contributed by atoms with Gasteiger partial charge in [-0.1, -0.05) is 18.2 Å². The molecule has 0 bridgehead atoms. The molecule has 1 heterocycles. The number of anilines is 1. The van der Waals surface area contributed by atoms with Gasteiger partial charge in [0.2, 0.25) is 5.91 Å². The average molecular weight is 275 g/mol. The molecule has 4 heteroatoms. The van der Waals surface area contributed by atoms with E-state index in [-0.39, 0.29) is 11.8 Å². The van der Waals surface area contributed by atoms with E-state index in [1.807, 2.05) is 7.05 Å². The lowest BCUT2D eigenvalue weighted by atomic mass is 9.95. The predicted molar refractivity (Wildman–Crippen MR) is 82.9 cm³/mol. The first-order chi connectivity index (χ1) is 9.67. The lowest BCUT2D eigenvalue weighted by Crippen LogP contribution is -2.42. The molecule has 2 unspecified atom stereocenters. The monoisotopic (exact) mass is 275 g/mol. The molecule has 1 aliphatic heterocycles. The second-order valence-electron chi connectivity index (χ2n) is 5.47. The summed E-state index contributed by atoms with van der Waals surface area (Å²) in [6, 6.07) is 8.79. The Morgan fingerprint density at radius 2 is 2.10 bits per heavy atom. The summed E-state index contributed by atoms with van der Waals surface area (Å²) in [5.41, 5.74) is 2.55. The number of hydrogen-bond acceptors (Lipinski definition) is 3. The molecule has 4 nitrogen and oxygen atoms in total. The van der Waals surface area contributed by atoms with Crippen LogP contribution in [-0.4, -0.2) is 33.1 Å². The minimum Gasteiger partial charge on any atom is -0.370 e. The summed E-state index contributed by atoms with van der Waals surface area (Å²) < 4.78 is 0. The molecule has 110 valence electrons. The fraction of sp³-hybridized carbons (Fsp3) is 0.562. The van der Waals surface area contributed by atoms with Crippen molar-refractivity contribution in [2.24, 2.45) is 5.92 Å². The maximum Gasteiger partial charge on any atom is 0.224 e. The van der Waals surface area contributed by atoms with Gasteiger partial charge in [-0.2, -0.15) is 0 Å². The molecule has 2 N–H and O–H groups in total. The molecule has 20 heavy (non-hydrogen) atoms. The standard InChI is InChI=1S/C16H25N3O/c1-12(17-2)14-8-4-5-9-15(14)19-10-6-7-13(11-19)16(20)18-3/h4-5,8-9,12-13,17H,6-7,10-11H2,1-3H3,(H,18,20). The van der Waals surface area contributed by atoms with Gasteiger partial charge in [-0.05, 0) is 38.4 Å². The zero-order chi connectivity index (χ0) is 14.5. The number of piperidine rings is 1. The summed E-state index contributed by atoms with van der Waals surface area (Å²) in [6.45, 7) is 4.01. The first kappa shape index (κ1) is 14.9. The Labute approximate surface area is 121 Å². The van der Waals surface area contributed by atoms with Crippen molar-refractivity contribution in [2.75, 3.05) is 32.1 Å². The third kappa shape index (κ3) is 3.12. The van der Waals surface area contributed by atoms with Gasteiger partial charge in [0, 0.05) is 31.9 Å². The van der Waals surface area contributed by atoms with E-state index in [0.717, 1.165) is 25.9 Å². The quantitative estimate of drug-likeness (QED) is 0.882. The highest BCUT2D eigenvalue weighted by atomic mass is 16.1. The van der Waals surface area contributed by atoms with E-state index in [1.165, 1.54) is 11.3 Å². The van der Waals surface area contributed by atoms with Crippen molar-refractivity contribution in [3.05, 3.63) is 29.8 Å². The number of benzene rings is 1. The fourth-order valence-electron chi connectivity index (χ4n) is 2.91. The number of carbonyl (C=O) groups is 1. The summed E-state index contributed by atoms with van der Waals surface area (Å²) >= 11 is 0. The minimum atomic E-state index is 0.103. The van der Waals surface area contributed by atoms with Crippen LogP contribution in [0.1, 0.15) is 31.4 Å². The molecular formula is C16H25N3O. The van der Waals surface area contributed by atoms with Gasteiger partial charge in [0.15, 0.2) is 0 Å². The molecule has 0 spiro atoms. The minimum absolute atomic E-state index is 0.103. The van der Waals surface area contributed by atoms with Crippen molar-refractivity contribution in [3.63, 3.8) is 0 Å². The van der Waals surface area contributed by atoms with E-state index in [9.17, 15) is 4.79 Å². The van der Waals surface area contributed by atoms with E-state index in [4.69, 9.17) is 0 Å². The molecule has 2 rings (SSSR count). The van der Waals surface area contributed by atoms with Gasteiger partial charge in [-0.15, -0.1) is 0 Å². The summed E-state index contributed by atoms with van der Waals surface area (Å²) in [4.78, 5) is 14.2. The summed E-state index contributed by atoms with van der Waals surface area (Å²) in [5, 5.41) is 6.08. The van der Waals surface area contributed by atoms with Gasteiger partial charge in [-0.25, -0.2) is 0 Å². The normalized spacial score (nSPS) is 20.6. The Morgan fingerprint density at radius 1 is 1.35 bits per heavy atom. The largest absolute Gasteiger partial charge is 0.370 e. The molecule has 0 aliphatic carbocycles. The van der Waals surface area contributed by atoms with Crippen molar-refractivity contribution >= 4 is 11.6 Å². The maximum absolute atomic E-state index is 11.9. The van der Waals surface area contributed by atoms with Gasteiger partial charge in [-0.3, -0.25) is 4.79 Å². The van der Waals surface area contributed by atoms with Crippen LogP contribution in [0.25, 0.3) is 0 Å². The second-order valence-corrected chi connectivity index (χ2v) is 5.47. The van der Waals surface area contributed by atoms with Gasteiger partial charge in [0.25, 0.3) is 0 Å². The maximum atomic E-state index is 11.9. The number of rotatable bonds is 4. The highest BCUT2D eigenvalue weighted by molar-refractivity contribution is 5.79. The summed E-state index contributed by atoms with van der Waals surface area (Å²) in [6.07, 6.45) is 2.06. The van der Waals surface area contributed by atoms with Gasteiger partial charge < -0.3 is 15.5 Å². The highest BCUT2D eigenvalue weighted by Gasteiger charge is 2.26. The summed E-state index contributed by atoms with van der Waals surface area (Å²) in [5.74, 6) is 0.264. The Kier molecular flexibility index (Phi) is 5.01. The van der Waals surface area contributed by atoms with Crippen molar-refractivity contribution in [1.82, 2.24) is 10.6 Å². The highest BCUT2D eigenvalue weighted by Crippen LogP contribution is 2.29. The number of para-hydroxylation sites is 1. The lowest BCUT2D eigenvalue weighted by molar-refractivity contribution is -0.124. The Morgan fingerprint density at radius 3 is 2.80 bits per heavy atom. The molecule has 0 saturated carbocycles. The van der Waals surface area contributed by atoms with Crippen LogP contribution in [0.5, 0.6) is 0 Å². The molecular weight excluding hydrogens is 250 g/mol. The lowest BCUT2D eigenvalue weighted by Gasteiger charge is -2.35. The van der Waals surface area contributed by atoms with Crippen molar-refractivity contribution in [1.29, 1.82) is 0 Å². The molecule has 1 aliphatic rings. The average Bonchev–Trinajstić information content (AvgIpc) is 2.53. The molecule has 1 aromatic carbocycles. The van der Waals surface area contributed by atoms with Crippen LogP contribution in [0.4, 0.5) is 5.69 Å². The number of hydrogen-bond donors (Lipinski definition) is 2. The molecule has 1 aromatic rings. The van der Waals surface area contributed by atoms with E-state index in [1.54, 1.807) is 7.05 Å². The summed E-state index contributed by atoms with van der Waals surface area (Å²) in [7, 11) is 3.70. The Hall–Kier alpha value is -1.55. The number of amides is 1. The van der Waals surface area contributed by atoms with Crippen molar-refractivity contribution < 1.29 is 4.79 Å². The van der Waals surface area contributed by atoms with Crippen LogP contribution in [0.15, 0.2) is 24.3 Å². The number of nitrogens with zero attached hydrogens (tertiary/aromatic N) is 1. The third-order valence-electron chi connectivity index (χ3n) is 4.22. The molecule has 0 aromatic heterocycles. The first-order valence-corrected chi connectivity index (χ1v) is 7.40. The zero-order valence-electron chi connectivity index (χ0n) is 12.6. The number of nitrogens with one attached hydrogen (secondary N) is 2. The second kappa shape index (κ2) is 6.75. The predicted octanol–water partition coefficient (Wildman–Crippen LogP) is 1.93. The zero-order valence-corrected chi connectivity index (χ0v) is 12.6. The van der Waals surface area contributed by atoms with E-state index < -0.39 is 0 Å². The van der Waals surface area contributed by atoms with E-state index in [0.29, 0.717) is 6.04 Å². The van der Waals surface area contributed by atoms with Gasteiger partial charge >= 0.3 is 0 Å². The van der Waals surface area contributed by atoms with Crippen LogP contribution < -0.4 is 15.5 Å². The van der Waals surface area contributed by atoms with Crippen LogP contribution in [0.3, 0.4) is 0 Å². The van der Waals surface area contributed by atoms with Crippen LogP contribution in [0, 0.1) is 5.92 Å². The van der Waals surface area contributed by atoms with Crippen molar-refractivity contribution in [3.8, 4) is 0 Å². The molecule has 2 atom stereocenters. The van der Waals surface area contributed by atoms with Crippen LogP contribution in [0.2, 0.25) is 0 Å².